The van der Waals surface area contributed by atoms with Crippen molar-refractivity contribution in [2.75, 3.05) is 5.32 Å². The van der Waals surface area contributed by atoms with Crippen LogP contribution in [0.5, 0.6) is 0 Å². The number of amides is 1. The number of carboxylic acid groups (broad SMARTS) is 1. The number of hydrogen-bond acceptors (Lipinski definition) is 2. The molecule has 0 aliphatic rings. The molecule has 0 fully saturated rings. The van der Waals surface area contributed by atoms with Gasteiger partial charge in [-0.3, -0.25) is 4.79 Å². The highest BCUT2D eigenvalue weighted by atomic mass is 16.4. The SMILES string of the molecule is Cc1cc(C(=O)O)ccc1NC(=O)c1cc2ccccc2[nH]1. The Kier molecular flexibility index (Phi) is 3.39. The Bertz CT molecular complexity index is 847. The summed E-state index contributed by atoms with van der Waals surface area (Å²) >= 11 is 0. The van der Waals surface area contributed by atoms with Gasteiger partial charge in [0, 0.05) is 16.6 Å². The fourth-order valence-electron chi connectivity index (χ4n) is 2.32. The number of nitrogens with one attached hydrogen (secondary N) is 2. The Balaban J connectivity index is 1.86. The number of carboxylic acids is 1. The van der Waals surface area contributed by atoms with Crippen LogP contribution in [0, 0.1) is 6.92 Å². The topological polar surface area (TPSA) is 82.2 Å². The maximum absolute atomic E-state index is 12.3. The maximum atomic E-state index is 12.3. The van der Waals surface area contributed by atoms with Gasteiger partial charge in [0.15, 0.2) is 0 Å². The number of benzene rings is 2. The minimum Gasteiger partial charge on any atom is -0.478 e. The summed E-state index contributed by atoms with van der Waals surface area (Å²) in [5.74, 6) is -1.25. The number of aromatic amines is 1. The van der Waals surface area contributed by atoms with Crippen LogP contribution in [0.25, 0.3) is 10.9 Å². The number of anilines is 1. The molecule has 3 N–H and O–H groups in total. The van der Waals surface area contributed by atoms with Crippen LogP contribution in [0.3, 0.4) is 0 Å². The molecular weight excluding hydrogens is 280 g/mol. The molecule has 0 saturated carbocycles. The van der Waals surface area contributed by atoms with Gasteiger partial charge in [-0.05, 0) is 42.8 Å². The summed E-state index contributed by atoms with van der Waals surface area (Å²) in [5, 5.41) is 12.7. The summed E-state index contributed by atoms with van der Waals surface area (Å²) in [6, 6.07) is 14.0. The molecule has 3 rings (SSSR count). The summed E-state index contributed by atoms with van der Waals surface area (Å²) in [7, 11) is 0. The van der Waals surface area contributed by atoms with E-state index in [0.29, 0.717) is 16.9 Å². The fraction of sp³-hybridized carbons (Fsp3) is 0.0588. The lowest BCUT2D eigenvalue weighted by atomic mass is 10.1. The van der Waals surface area contributed by atoms with E-state index in [9.17, 15) is 9.59 Å². The van der Waals surface area contributed by atoms with Crippen LogP contribution in [0.2, 0.25) is 0 Å². The maximum Gasteiger partial charge on any atom is 0.335 e. The van der Waals surface area contributed by atoms with E-state index in [-0.39, 0.29) is 11.5 Å². The van der Waals surface area contributed by atoms with Gasteiger partial charge in [0.05, 0.1) is 5.56 Å². The van der Waals surface area contributed by atoms with Crippen molar-refractivity contribution < 1.29 is 14.7 Å². The Morgan fingerprint density at radius 3 is 2.55 bits per heavy atom. The van der Waals surface area contributed by atoms with Crippen molar-refractivity contribution in [3.63, 3.8) is 0 Å². The zero-order valence-electron chi connectivity index (χ0n) is 11.9. The Morgan fingerprint density at radius 2 is 1.86 bits per heavy atom. The monoisotopic (exact) mass is 294 g/mol. The highest BCUT2D eigenvalue weighted by molar-refractivity contribution is 6.06. The number of H-pyrrole nitrogens is 1. The number of hydrogen-bond donors (Lipinski definition) is 3. The number of aryl methyl sites for hydroxylation is 1. The molecular formula is C17H14N2O3. The zero-order valence-corrected chi connectivity index (χ0v) is 11.9. The summed E-state index contributed by atoms with van der Waals surface area (Å²) in [4.78, 5) is 26.3. The fourth-order valence-corrected chi connectivity index (χ4v) is 2.32. The highest BCUT2D eigenvalue weighted by Crippen LogP contribution is 2.19. The third-order valence-corrected chi connectivity index (χ3v) is 3.50. The zero-order chi connectivity index (χ0) is 15.7. The third-order valence-electron chi connectivity index (χ3n) is 3.50. The number of para-hydroxylation sites is 1. The normalized spacial score (nSPS) is 10.6. The van der Waals surface area contributed by atoms with Crippen molar-refractivity contribution in [3.8, 4) is 0 Å². The standard InChI is InChI=1S/C17H14N2O3/c1-10-8-12(17(21)22)6-7-13(10)19-16(20)15-9-11-4-2-3-5-14(11)18-15/h2-9,18H,1H3,(H,19,20)(H,21,22). The molecule has 5 heteroatoms. The lowest BCUT2D eigenvalue weighted by molar-refractivity contribution is 0.0696. The summed E-state index contributed by atoms with van der Waals surface area (Å²) in [6.07, 6.45) is 0. The largest absolute Gasteiger partial charge is 0.478 e. The van der Waals surface area contributed by atoms with Crippen molar-refractivity contribution in [2.24, 2.45) is 0 Å². The van der Waals surface area contributed by atoms with E-state index < -0.39 is 5.97 Å². The Morgan fingerprint density at radius 1 is 1.09 bits per heavy atom. The number of fused-ring (bicyclic) bond motifs is 1. The van der Waals surface area contributed by atoms with E-state index in [2.05, 4.69) is 10.3 Å². The highest BCUT2D eigenvalue weighted by Gasteiger charge is 2.12. The second-order valence-electron chi connectivity index (χ2n) is 5.06. The Hall–Kier alpha value is -3.08. The van der Waals surface area contributed by atoms with E-state index in [4.69, 9.17) is 5.11 Å². The van der Waals surface area contributed by atoms with Gasteiger partial charge in [-0.25, -0.2) is 4.79 Å². The summed E-state index contributed by atoms with van der Waals surface area (Å²) in [5.41, 5.74) is 2.84. The number of aromatic nitrogens is 1. The van der Waals surface area contributed by atoms with Gasteiger partial charge in [-0.1, -0.05) is 18.2 Å². The first-order valence-corrected chi connectivity index (χ1v) is 6.77. The average Bonchev–Trinajstić information content (AvgIpc) is 2.93. The van der Waals surface area contributed by atoms with Crippen molar-refractivity contribution in [1.29, 1.82) is 0 Å². The van der Waals surface area contributed by atoms with Crippen molar-refractivity contribution in [1.82, 2.24) is 4.98 Å². The molecule has 0 bridgehead atoms. The average molecular weight is 294 g/mol. The first-order chi connectivity index (χ1) is 10.5. The predicted octanol–water partition coefficient (Wildman–Crippen LogP) is 3.43. The van der Waals surface area contributed by atoms with Gasteiger partial charge in [-0.2, -0.15) is 0 Å². The molecule has 0 aliphatic heterocycles. The molecule has 0 atom stereocenters. The number of rotatable bonds is 3. The van der Waals surface area contributed by atoms with E-state index in [1.807, 2.05) is 24.3 Å². The van der Waals surface area contributed by atoms with Crippen LogP contribution in [0.1, 0.15) is 26.4 Å². The predicted molar refractivity (Wildman–Crippen MR) is 84.4 cm³/mol. The molecule has 5 nitrogen and oxygen atoms in total. The second-order valence-corrected chi connectivity index (χ2v) is 5.06. The van der Waals surface area contributed by atoms with E-state index in [1.54, 1.807) is 19.1 Å². The molecule has 0 unspecified atom stereocenters. The summed E-state index contributed by atoms with van der Waals surface area (Å²) < 4.78 is 0. The van der Waals surface area contributed by atoms with Gasteiger partial charge in [0.1, 0.15) is 5.69 Å². The van der Waals surface area contributed by atoms with E-state index in [0.717, 1.165) is 10.9 Å². The minimum absolute atomic E-state index is 0.195. The summed E-state index contributed by atoms with van der Waals surface area (Å²) in [6.45, 7) is 1.76. The molecule has 0 spiro atoms. The molecule has 3 aromatic rings. The lowest BCUT2D eigenvalue weighted by Gasteiger charge is -2.08. The van der Waals surface area contributed by atoms with Crippen LogP contribution in [0.15, 0.2) is 48.5 Å². The third kappa shape index (κ3) is 2.56. The molecule has 1 heterocycles. The van der Waals surface area contributed by atoms with Gasteiger partial charge in [0.2, 0.25) is 0 Å². The van der Waals surface area contributed by atoms with E-state index >= 15 is 0 Å². The lowest BCUT2D eigenvalue weighted by Crippen LogP contribution is -2.13. The molecule has 1 amide bonds. The quantitative estimate of drug-likeness (QED) is 0.692. The second kappa shape index (κ2) is 5.37. The van der Waals surface area contributed by atoms with Gasteiger partial charge < -0.3 is 15.4 Å². The van der Waals surface area contributed by atoms with Gasteiger partial charge in [0.25, 0.3) is 5.91 Å². The van der Waals surface area contributed by atoms with Crippen LogP contribution in [0.4, 0.5) is 5.69 Å². The molecule has 2 aromatic carbocycles. The number of carbonyl (C=O) groups excluding carboxylic acids is 1. The number of carbonyl (C=O) groups is 2. The molecule has 1 aromatic heterocycles. The van der Waals surface area contributed by atoms with Gasteiger partial charge >= 0.3 is 5.97 Å². The molecule has 0 saturated heterocycles. The van der Waals surface area contributed by atoms with Gasteiger partial charge in [-0.15, -0.1) is 0 Å². The first kappa shape index (κ1) is 13.9. The molecule has 22 heavy (non-hydrogen) atoms. The number of aromatic carboxylic acids is 1. The minimum atomic E-state index is -0.989. The van der Waals surface area contributed by atoms with Crippen LogP contribution >= 0.6 is 0 Å². The van der Waals surface area contributed by atoms with Crippen LogP contribution in [-0.2, 0) is 0 Å². The molecule has 0 radical (unpaired) electrons. The molecule has 110 valence electrons. The smallest absolute Gasteiger partial charge is 0.335 e. The van der Waals surface area contributed by atoms with Crippen LogP contribution < -0.4 is 5.32 Å². The van der Waals surface area contributed by atoms with E-state index in [1.165, 1.54) is 12.1 Å². The van der Waals surface area contributed by atoms with Crippen molar-refractivity contribution >= 4 is 28.5 Å². The van der Waals surface area contributed by atoms with Crippen LogP contribution in [-0.4, -0.2) is 22.0 Å². The first-order valence-electron chi connectivity index (χ1n) is 6.77. The van der Waals surface area contributed by atoms with Crippen molar-refractivity contribution in [3.05, 3.63) is 65.4 Å². The van der Waals surface area contributed by atoms with Crippen molar-refractivity contribution in [2.45, 2.75) is 6.92 Å². The Labute approximate surface area is 126 Å². The molecule has 0 aliphatic carbocycles.